The standard InChI is InChI=1S/C15H13F2NO/c16-12-5-4-11(15(17)9-12)8-14(19)7-10-2-1-3-13(18)6-10/h1-6,9H,7-8,18H2. The maximum absolute atomic E-state index is 13.4. The lowest BCUT2D eigenvalue weighted by molar-refractivity contribution is -0.117. The average Bonchev–Trinajstić information content (AvgIpc) is 2.33. The quantitative estimate of drug-likeness (QED) is 0.860. The van der Waals surface area contributed by atoms with Gasteiger partial charge in [0.2, 0.25) is 0 Å². The Morgan fingerprint density at radius 2 is 1.84 bits per heavy atom. The molecule has 0 unspecified atom stereocenters. The Balaban J connectivity index is 2.05. The topological polar surface area (TPSA) is 43.1 Å². The molecule has 0 radical (unpaired) electrons. The first kappa shape index (κ1) is 13.2. The highest BCUT2D eigenvalue weighted by Crippen LogP contribution is 2.13. The number of carbonyl (C=O) groups is 1. The van der Waals surface area contributed by atoms with Crippen LogP contribution in [0.15, 0.2) is 42.5 Å². The van der Waals surface area contributed by atoms with Crippen LogP contribution in [0.3, 0.4) is 0 Å². The van der Waals surface area contributed by atoms with Crippen molar-refractivity contribution in [3.63, 3.8) is 0 Å². The normalized spacial score (nSPS) is 10.4. The third-order valence-corrected chi connectivity index (χ3v) is 2.76. The van der Waals surface area contributed by atoms with E-state index in [9.17, 15) is 13.6 Å². The zero-order valence-electron chi connectivity index (χ0n) is 10.2. The molecule has 2 nitrogen and oxygen atoms in total. The van der Waals surface area contributed by atoms with E-state index in [1.165, 1.54) is 6.07 Å². The smallest absolute Gasteiger partial charge is 0.141 e. The van der Waals surface area contributed by atoms with Crippen LogP contribution in [0, 0.1) is 11.6 Å². The molecule has 0 saturated carbocycles. The summed E-state index contributed by atoms with van der Waals surface area (Å²) in [5.74, 6) is -1.48. The van der Waals surface area contributed by atoms with Crippen molar-refractivity contribution < 1.29 is 13.6 Å². The molecule has 2 rings (SSSR count). The van der Waals surface area contributed by atoms with E-state index >= 15 is 0 Å². The van der Waals surface area contributed by atoms with Gasteiger partial charge in [-0.15, -0.1) is 0 Å². The van der Waals surface area contributed by atoms with Gasteiger partial charge >= 0.3 is 0 Å². The van der Waals surface area contributed by atoms with Crippen LogP contribution in [0.4, 0.5) is 14.5 Å². The first-order chi connectivity index (χ1) is 9.04. The number of rotatable bonds is 4. The Labute approximate surface area is 109 Å². The molecule has 0 aliphatic rings. The molecule has 2 N–H and O–H groups in total. The largest absolute Gasteiger partial charge is 0.399 e. The van der Waals surface area contributed by atoms with Crippen LogP contribution in [0.1, 0.15) is 11.1 Å². The third-order valence-electron chi connectivity index (χ3n) is 2.76. The number of hydrogen-bond acceptors (Lipinski definition) is 2. The van der Waals surface area contributed by atoms with Crippen molar-refractivity contribution in [2.75, 3.05) is 5.73 Å². The summed E-state index contributed by atoms with van der Waals surface area (Å²) < 4.78 is 26.1. The van der Waals surface area contributed by atoms with Crippen LogP contribution in [-0.4, -0.2) is 5.78 Å². The average molecular weight is 261 g/mol. The summed E-state index contributed by atoms with van der Waals surface area (Å²) in [6.07, 6.45) is 0.128. The fourth-order valence-electron chi connectivity index (χ4n) is 1.87. The van der Waals surface area contributed by atoms with E-state index in [0.717, 1.165) is 17.7 Å². The summed E-state index contributed by atoms with van der Waals surface area (Å²) in [5.41, 5.74) is 7.19. The monoisotopic (exact) mass is 261 g/mol. The summed E-state index contributed by atoms with van der Waals surface area (Å²) >= 11 is 0. The molecule has 0 aliphatic heterocycles. The minimum Gasteiger partial charge on any atom is -0.399 e. The lowest BCUT2D eigenvalue weighted by Gasteiger charge is -2.04. The Morgan fingerprint density at radius 3 is 2.53 bits per heavy atom. The van der Waals surface area contributed by atoms with Gasteiger partial charge in [-0.3, -0.25) is 4.79 Å². The second-order valence-electron chi connectivity index (χ2n) is 4.37. The van der Waals surface area contributed by atoms with Crippen LogP contribution in [0.5, 0.6) is 0 Å². The van der Waals surface area contributed by atoms with E-state index in [4.69, 9.17) is 5.73 Å². The second-order valence-corrected chi connectivity index (χ2v) is 4.37. The number of nitrogen functional groups attached to an aromatic ring is 1. The molecule has 2 aromatic carbocycles. The molecule has 0 atom stereocenters. The van der Waals surface area contributed by atoms with E-state index in [-0.39, 0.29) is 24.2 Å². The minimum absolute atomic E-state index is 0.0547. The van der Waals surface area contributed by atoms with Crippen molar-refractivity contribution in [3.8, 4) is 0 Å². The molecule has 2 aromatic rings. The molecular formula is C15H13F2NO. The number of halogens is 2. The van der Waals surface area contributed by atoms with E-state index < -0.39 is 11.6 Å². The van der Waals surface area contributed by atoms with Gasteiger partial charge in [0.1, 0.15) is 17.4 Å². The van der Waals surface area contributed by atoms with Crippen molar-refractivity contribution >= 4 is 11.5 Å². The fourth-order valence-corrected chi connectivity index (χ4v) is 1.87. The van der Waals surface area contributed by atoms with Gasteiger partial charge in [-0.25, -0.2) is 8.78 Å². The zero-order valence-corrected chi connectivity index (χ0v) is 10.2. The Bertz CT molecular complexity index is 611. The number of carbonyl (C=O) groups excluding carboxylic acids is 1. The number of Topliss-reactive ketones (excluding diaryl/α,β-unsaturated/α-hetero) is 1. The number of nitrogens with two attached hydrogens (primary N) is 1. The lowest BCUT2D eigenvalue weighted by atomic mass is 10.0. The van der Waals surface area contributed by atoms with Gasteiger partial charge in [0.15, 0.2) is 0 Å². The molecule has 4 heteroatoms. The van der Waals surface area contributed by atoms with Crippen LogP contribution in [-0.2, 0) is 17.6 Å². The van der Waals surface area contributed by atoms with Crippen LogP contribution >= 0.6 is 0 Å². The SMILES string of the molecule is Nc1cccc(CC(=O)Cc2ccc(F)cc2F)c1. The molecule has 98 valence electrons. The van der Waals surface area contributed by atoms with Crippen LogP contribution in [0.25, 0.3) is 0 Å². The van der Waals surface area contributed by atoms with Gasteiger partial charge in [0.25, 0.3) is 0 Å². The predicted molar refractivity (Wildman–Crippen MR) is 69.6 cm³/mol. The van der Waals surface area contributed by atoms with Gasteiger partial charge < -0.3 is 5.73 Å². The van der Waals surface area contributed by atoms with E-state index in [1.807, 2.05) is 0 Å². The maximum Gasteiger partial charge on any atom is 0.141 e. The van der Waals surface area contributed by atoms with Crippen molar-refractivity contribution in [3.05, 3.63) is 65.2 Å². The Morgan fingerprint density at radius 1 is 1.05 bits per heavy atom. The van der Waals surface area contributed by atoms with Gasteiger partial charge in [0.05, 0.1) is 0 Å². The van der Waals surface area contributed by atoms with Gasteiger partial charge in [-0.05, 0) is 29.3 Å². The molecule has 0 aliphatic carbocycles. The molecule has 19 heavy (non-hydrogen) atoms. The number of hydrogen-bond donors (Lipinski definition) is 1. The highest BCUT2D eigenvalue weighted by molar-refractivity contribution is 5.83. The molecule has 0 fully saturated rings. The van der Waals surface area contributed by atoms with Crippen molar-refractivity contribution in [1.82, 2.24) is 0 Å². The van der Waals surface area contributed by atoms with E-state index in [0.29, 0.717) is 5.69 Å². The van der Waals surface area contributed by atoms with Gasteiger partial charge in [0, 0.05) is 24.6 Å². The minimum atomic E-state index is -0.694. The summed E-state index contributed by atoms with van der Waals surface area (Å²) in [6, 6.07) is 10.2. The molecule has 0 amide bonds. The lowest BCUT2D eigenvalue weighted by Crippen LogP contribution is -2.08. The maximum atomic E-state index is 13.4. The predicted octanol–water partition coefficient (Wildman–Crippen LogP) is 2.90. The number of ketones is 1. The Hall–Kier alpha value is -2.23. The Kier molecular flexibility index (Phi) is 3.90. The molecule has 0 aromatic heterocycles. The summed E-state index contributed by atoms with van der Waals surface area (Å²) in [4.78, 5) is 11.8. The number of anilines is 1. The summed E-state index contributed by atoms with van der Waals surface area (Å²) in [7, 11) is 0. The van der Waals surface area contributed by atoms with Crippen molar-refractivity contribution in [1.29, 1.82) is 0 Å². The van der Waals surface area contributed by atoms with Crippen LogP contribution < -0.4 is 5.73 Å². The van der Waals surface area contributed by atoms with Crippen LogP contribution in [0.2, 0.25) is 0 Å². The first-order valence-electron chi connectivity index (χ1n) is 5.84. The molecule has 0 saturated heterocycles. The van der Waals surface area contributed by atoms with Gasteiger partial charge in [-0.1, -0.05) is 18.2 Å². The second kappa shape index (κ2) is 5.61. The van der Waals surface area contributed by atoms with Crippen molar-refractivity contribution in [2.45, 2.75) is 12.8 Å². The molecule has 0 spiro atoms. The van der Waals surface area contributed by atoms with Gasteiger partial charge in [-0.2, -0.15) is 0 Å². The third kappa shape index (κ3) is 3.61. The molecule has 0 bridgehead atoms. The summed E-state index contributed by atoms with van der Waals surface area (Å²) in [5, 5.41) is 0. The number of benzene rings is 2. The van der Waals surface area contributed by atoms with Crippen molar-refractivity contribution in [2.24, 2.45) is 0 Å². The van der Waals surface area contributed by atoms with E-state index in [1.54, 1.807) is 24.3 Å². The van der Waals surface area contributed by atoms with E-state index in [2.05, 4.69) is 0 Å². The first-order valence-corrected chi connectivity index (χ1v) is 5.84. The zero-order chi connectivity index (χ0) is 13.8. The molecular weight excluding hydrogens is 248 g/mol. The highest BCUT2D eigenvalue weighted by Gasteiger charge is 2.10. The fraction of sp³-hybridized carbons (Fsp3) is 0.133. The highest BCUT2D eigenvalue weighted by atomic mass is 19.1. The molecule has 0 heterocycles. The summed E-state index contributed by atoms with van der Waals surface area (Å²) in [6.45, 7) is 0.